The van der Waals surface area contributed by atoms with E-state index in [-0.39, 0.29) is 23.2 Å². The van der Waals surface area contributed by atoms with E-state index in [1.165, 1.54) is 0 Å². The van der Waals surface area contributed by atoms with E-state index in [0.717, 1.165) is 6.41 Å². The van der Waals surface area contributed by atoms with Gasteiger partial charge in [0.05, 0.1) is 0 Å². The molecule has 3 amide bonds. The first-order chi connectivity index (χ1) is 12.2. The standard InChI is InChI=1S/C18H18N4O3/c23-13-21-9-11-22(12-10-21)18(25)16-8-4-7-15(20-16)17(24)19-14-5-2-1-3-6-14/h1-8,13H,9-12H2,(H,19,24). The maximum absolute atomic E-state index is 12.6. The molecule has 1 aromatic carbocycles. The zero-order valence-electron chi connectivity index (χ0n) is 13.6. The van der Waals surface area contributed by atoms with Crippen molar-refractivity contribution >= 4 is 23.9 Å². The first-order valence-electron chi connectivity index (χ1n) is 7.99. The number of hydrogen-bond donors (Lipinski definition) is 1. The lowest BCUT2D eigenvalue weighted by Crippen LogP contribution is -2.48. The third-order valence-electron chi connectivity index (χ3n) is 3.98. The molecule has 0 atom stereocenters. The van der Waals surface area contributed by atoms with E-state index in [0.29, 0.717) is 31.9 Å². The smallest absolute Gasteiger partial charge is 0.274 e. The topological polar surface area (TPSA) is 82.6 Å². The summed E-state index contributed by atoms with van der Waals surface area (Å²) in [6, 6.07) is 13.9. The highest BCUT2D eigenvalue weighted by Gasteiger charge is 2.23. The van der Waals surface area contributed by atoms with Gasteiger partial charge < -0.3 is 15.1 Å². The Kier molecular flexibility index (Phi) is 5.03. The molecule has 0 spiro atoms. The van der Waals surface area contributed by atoms with Crippen LogP contribution in [0.5, 0.6) is 0 Å². The van der Waals surface area contributed by atoms with Crippen LogP contribution in [-0.4, -0.2) is 59.2 Å². The number of nitrogens with one attached hydrogen (secondary N) is 1. The molecule has 0 radical (unpaired) electrons. The number of pyridine rings is 1. The number of anilines is 1. The quantitative estimate of drug-likeness (QED) is 0.851. The second kappa shape index (κ2) is 7.57. The second-order valence-corrected chi connectivity index (χ2v) is 5.66. The van der Waals surface area contributed by atoms with Crippen LogP contribution in [0.1, 0.15) is 21.0 Å². The average Bonchev–Trinajstić information content (AvgIpc) is 2.68. The van der Waals surface area contributed by atoms with E-state index in [4.69, 9.17) is 0 Å². The third-order valence-corrected chi connectivity index (χ3v) is 3.98. The molecule has 3 rings (SSSR count). The van der Waals surface area contributed by atoms with Crippen LogP contribution in [0.4, 0.5) is 5.69 Å². The highest BCUT2D eigenvalue weighted by Crippen LogP contribution is 2.10. The number of para-hydroxylation sites is 1. The van der Waals surface area contributed by atoms with E-state index in [2.05, 4.69) is 10.3 Å². The van der Waals surface area contributed by atoms with Crippen LogP contribution >= 0.6 is 0 Å². The molecular formula is C18H18N4O3. The summed E-state index contributed by atoms with van der Waals surface area (Å²) in [6.45, 7) is 1.92. The number of piperazine rings is 1. The Balaban J connectivity index is 1.69. The highest BCUT2D eigenvalue weighted by atomic mass is 16.2. The lowest BCUT2D eigenvalue weighted by molar-refractivity contribution is -0.119. The molecule has 1 saturated heterocycles. The van der Waals surface area contributed by atoms with Crippen LogP contribution in [0.25, 0.3) is 0 Å². The summed E-state index contributed by atoms with van der Waals surface area (Å²) in [7, 11) is 0. The molecule has 2 heterocycles. The summed E-state index contributed by atoms with van der Waals surface area (Å²) in [4.78, 5) is 43.1. The molecule has 1 aromatic heterocycles. The van der Waals surface area contributed by atoms with Gasteiger partial charge in [-0.15, -0.1) is 0 Å². The van der Waals surface area contributed by atoms with Crippen LogP contribution in [0.3, 0.4) is 0 Å². The van der Waals surface area contributed by atoms with Crippen molar-refractivity contribution in [3.63, 3.8) is 0 Å². The lowest BCUT2D eigenvalue weighted by atomic mass is 10.2. The molecule has 0 bridgehead atoms. The Morgan fingerprint density at radius 2 is 1.60 bits per heavy atom. The minimum absolute atomic E-state index is 0.182. The summed E-state index contributed by atoms with van der Waals surface area (Å²) in [5, 5.41) is 2.75. The number of aromatic nitrogens is 1. The van der Waals surface area contributed by atoms with Gasteiger partial charge >= 0.3 is 0 Å². The number of hydrogen-bond acceptors (Lipinski definition) is 4. The molecule has 1 fully saturated rings. The minimum Gasteiger partial charge on any atom is -0.342 e. The summed E-state index contributed by atoms with van der Waals surface area (Å²) >= 11 is 0. The summed E-state index contributed by atoms with van der Waals surface area (Å²) in [6.07, 6.45) is 0.786. The van der Waals surface area contributed by atoms with E-state index < -0.39 is 0 Å². The number of rotatable bonds is 4. The highest BCUT2D eigenvalue weighted by molar-refractivity contribution is 6.03. The first kappa shape index (κ1) is 16.6. The van der Waals surface area contributed by atoms with Crippen molar-refractivity contribution in [3.05, 3.63) is 59.9 Å². The molecule has 2 aromatic rings. The van der Waals surface area contributed by atoms with Crippen LogP contribution < -0.4 is 5.32 Å². The molecule has 0 aliphatic carbocycles. The van der Waals surface area contributed by atoms with Crippen molar-refractivity contribution in [2.24, 2.45) is 0 Å². The van der Waals surface area contributed by atoms with Gasteiger partial charge in [-0.05, 0) is 24.3 Å². The average molecular weight is 338 g/mol. The fourth-order valence-corrected chi connectivity index (χ4v) is 2.59. The van der Waals surface area contributed by atoms with Gasteiger partial charge in [-0.2, -0.15) is 0 Å². The molecule has 1 aliphatic heterocycles. The molecule has 25 heavy (non-hydrogen) atoms. The van der Waals surface area contributed by atoms with Gasteiger partial charge in [0.1, 0.15) is 11.4 Å². The normalized spacial score (nSPS) is 14.1. The molecule has 1 N–H and O–H groups in total. The SMILES string of the molecule is O=CN1CCN(C(=O)c2cccc(C(=O)Nc3ccccc3)n2)CC1. The van der Waals surface area contributed by atoms with Crippen molar-refractivity contribution in [2.45, 2.75) is 0 Å². The largest absolute Gasteiger partial charge is 0.342 e. The molecule has 7 heteroatoms. The van der Waals surface area contributed by atoms with Gasteiger partial charge in [0.2, 0.25) is 6.41 Å². The van der Waals surface area contributed by atoms with Crippen molar-refractivity contribution in [3.8, 4) is 0 Å². The van der Waals surface area contributed by atoms with Gasteiger partial charge in [-0.3, -0.25) is 14.4 Å². The summed E-state index contributed by atoms with van der Waals surface area (Å²) in [5.41, 5.74) is 1.07. The van der Waals surface area contributed by atoms with Gasteiger partial charge in [0, 0.05) is 31.9 Å². The van der Waals surface area contributed by atoms with Gasteiger partial charge in [-0.25, -0.2) is 4.98 Å². The van der Waals surface area contributed by atoms with Crippen LogP contribution in [0, 0.1) is 0 Å². The van der Waals surface area contributed by atoms with Crippen molar-refractivity contribution in [1.82, 2.24) is 14.8 Å². The van der Waals surface area contributed by atoms with Crippen LogP contribution in [0.2, 0.25) is 0 Å². The number of amides is 3. The molecule has 128 valence electrons. The van der Waals surface area contributed by atoms with Crippen molar-refractivity contribution in [2.75, 3.05) is 31.5 Å². The van der Waals surface area contributed by atoms with E-state index in [1.807, 2.05) is 18.2 Å². The predicted octanol–water partition coefficient (Wildman–Crippen LogP) is 1.25. The third kappa shape index (κ3) is 4.00. The number of benzene rings is 1. The number of carbonyl (C=O) groups excluding carboxylic acids is 3. The molecular weight excluding hydrogens is 320 g/mol. The number of nitrogens with zero attached hydrogens (tertiary/aromatic N) is 3. The molecule has 0 saturated carbocycles. The second-order valence-electron chi connectivity index (χ2n) is 5.66. The fraction of sp³-hybridized carbons (Fsp3) is 0.222. The monoisotopic (exact) mass is 338 g/mol. The van der Waals surface area contributed by atoms with Crippen LogP contribution in [-0.2, 0) is 4.79 Å². The maximum atomic E-state index is 12.6. The zero-order valence-corrected chi connectivity index (χ0v) is 13.6. The van der Waals surface area contributed by atoms with Crippen molar-refractivity contribution in [1.29, 1.82) is 0 Å². The molecule has 7 nitrogen and oxygen atoms in total. The van der Waals surface area contributed by atoms with E-state index >= 15 is 0 Å². The van der Waals surface area contributed by atoms with Crippen LogP contribution in [0.15, 0.2) is 48.5 Å². The summed E-state index contributed by atoms with van der Waals surface area (Å²) in [5.74, 6) is -0.605. The Morgan fingerprint density at radius 3 is 2.28 bits per heavy atom. The number of carbonyl (C=O) groups is 3. The predicted molar refractivity (Wildman–Crippen MR) is 92.2 cm³/mol. The van der Waals surface area contributed by atoms with Gasteiger partial charge in [0.15, 0.2) is 0 Å². The Hall–Kier alpha value is -3.22. The molecule has 1 aliphatic rings. The fourth-order valence-electron chi connectivity index (χ4n) is 2.59. The van der Waals surface area contributed by atoms with Gasteiger partial charge in [0.25, 0.3) is 11.8 Å². The Morgan fingerprint density at radius 1 is 0.920 bits per heavy atom. The zero-order chi connectivity index (χ0) is 17.6. The Labute approximate surface area is 145 Å². The van der Waals surface area contributed by atoms with Gasteiger partial charge in [-0.1, -0.05) is 24.3 Å². The Bertz CT molecular complexity index is 771. The van der Waals surface area contributed by atoms with E-state index in [1.54, 1.807) is 40.1 Å². The maximum Gasteiger partial charge on any atom is 0.274 e. The minimum atomic E-state index is -0.369. The summed E-state index contributed by atoms with van der Waals surface area (Å²) < 4.78 is 0. The molecule has 0 unspecified atom stereocenters. The van der Waals surface area contributed by atoms with Crippen molar-refractivity contribution < 1.29 is 14.4 Å². The lowest BCUT2D eigenvalue weighted by Gasteiger charge is -2.32. The van der Waals surface area contributed by atoms with E-state index in [9.17, 15) is 14.4 Å². The first-order valence-corrected chi connectivity index (χ1v) is 7.99.